The van der Waals surface area contributed by atoms with E-state index in [9.17, 15) is 28.2 Å². The fraction of sp³-hybridized carbons (Fsp3) is 0.292. The van der Waals surface area contributed by atoms with Gasteiger partial charge in [-0.2, -0.15) is 5.10 Å². The van der Waals surface area contributed by atoms with Crippen molar-refractivity contribution in [2.24, 2.45) is 0 Å². The predicted octanol–water partition coefficient (Wildman–Crippen LogP) is 3.68. The molecular formula is C24H25N3O6S. The SMILES string of the molecule is CCCc1ccc(S(=O)(=O)N(CC(=O)O)c2cccc(-n3ncc(C(=O)O)c3C3CC3)c2)cc1. The van der Waals surface area contributed by atoms with E-state index in [1.165, 1.54) is 35.1 Å². The first-order valence-corrected chi connectivity index (χ1v) is 12.4. The van der Waals surface area contributed by atoms with Crippen LogP contribution in [-0.2, 0) is 21.2 Å². The van der Waals surface area contributed by atoms with Gasteiger partial charge >= 0.3 is 11.9 Å². The number of aliphatic carboxylic acids is 1. The van der Waals surface area contributed by atoms with Gasteiger partial charge < -0.3 is 10.2 Å². The molecule has 0 atom stereocenters. The Kier molecular flexibility index (Phi) is 6.43. The average Bonchev–Trinajstić information content (AvgIpc) is 3.55. The quantitative estimate of drug-likeness (QED) is 0.450. The van der Waals surface area contributed by atoms with Crippen molar-refractivity contribution < 1.29 is 28.2 Å². The third kappa shape index (κ3) is 4.67. The molecule has 9 nitrogen and oxygen atoms in total. The molecule has 0 bridgehead atoms. The number of hydrogen-bond donors (Lipinski definition) is 2. The summed E-state index contributed by atoms with van der Waals surface area (Å²) in [6.07, 6.45) is 4.71. The number of benzene rings is 2. The van der Waals surface area contributed by atoms with Gasteiger partial charge in [-0.05, 0) is 55.2 Å². The molecule has 0 spiro atoms. The molecule has 0 unspecified atom stereocenters. The van der Waals surface area contributed by atoms with Crippen molar-refractivity contribution >= 4 is 27.6 Å². The van der Waals surface area contributed by atoms with E-state index in [1.807, 2.05) is 6.92 Å². The van der Waals surface area contributed by atoms with Gasteiger partial charge in [0, 0.05) is 5.92 Å². The topological polar surface area (TPSA) is 130 Å². The van der Waals surface area contributed by atoms with Crippen LogP contribution in [0.15, 0.2) is 59.6 Å². The number of carboxylic acids is 2. The number of hydrogen-bond acceptors (Lipinski definition) is 5. The molecule has 0 aliphatic heterocycles. The minimum absolute atomic E-state index is 0.00933. The predicted molar refractivity (Wildman–Crippen MR) is 125 cm³/mol. The Bertz CT molecular complexity index is 1330. The van der Waals surface area contributed by atoms with Crippen LogP contribution in [0.4, 0.5) is 5.69 Å². The molecule has 34 heavy (non-hydrogen) atoms. The van der Waals surface area contributed by atoms with E-state index in [0.717, 1.165) is 35.6 Å². The van der Waals surface area contributed by atoms with Crippen molar-refractivity contribution in [3.8, 4) is 5.69 Å². The van der Waals surface area contributed by atoms with Crippen LogP contribution >= 0.6 is 0 Å². The number of carbonyl (C=O) groups is 2. The monoisotopic (exact) mass is 483 g/mol. The summed E-state index contributed by atoms with van der Waals surface area (Å²) in [4.78, 5) is 23.2. The summed E-state index contributed by atoms with van der Waals surface area (Å²) in [6.45, 7) is 1.26. The number of rotatable bonds is 10. The number of anilines is 1. The molecule has 1 heterocycles. The summed E-state index contributed by atoms with van der Waals surface area (Å²) in [5.41, 5.74) is 2.26. The van der Waals surface area contributed by atoms with E-state index in [1.54, 1.807) is 24.3 Å². The molecule has 0 amide bonds. The fourth-order valence-electron chi connectivity index (χ4n) is 3.94. The Balaban J connectivity index is 1.76. The van der Waals surface area contributed by atoms with Gasteiger partial charge in [0.2, 0.25) is 0 Å². The van der Waals surface area contributed by atoms with Crippen LogP contribution in [-0.4, -0.2) is 46.9 Å². The third-order valence-corrected chi connectivity index (χ3v) is 7.48. The molecule has 1 fully saturated rings. The Morgan fingerprint density at radius 3 is 2.41 bits per heavy atom. The van der Waals surface area contributed by atoms with Crippen molar-refractivity contribution in [1.29, 1.82) is 0 Å². The number of nitrogens with zero attached hydrogens (tertiary/aromatic N) is 3. The largest absolute Gasteiger partial charge is 0.480 e. The second kappa shape index (κ2) is 9.30. The number of carboxylic acid groups (broad SMARTS) is 2. The van der Waals surface area contributed by atoms with Crippen LogP contribution in [0.5, 0.6) is 0 Å². The third-order valence-electron chi connectivity index (χ3n) is 5.69. The zero-order chi connectivity index (χ0) is 24.5. The second-order valence-corrected chi connectivity index (χ2v) is 10.1. The summed E-state index contributed by atoms with van der Waals surface area (Å²) in [7, 11) is -4.17. The minimum Gasteiger partial charge on any atom is -0.480 e. The lowest BCUT2D eigenvalue weighted by molar-refractivity contribution is -0.135. The number of aromatic nitrogens is 2. The maximum Gasteiger partial charge on any atom is 0.339 e. The first-order chi connectivity index (χ1) is 16.2. The van der Waals surface area contributed by atoms with Gasteiger partial charge in [-0.1, -0.05) is 31.5 Å². The van der Waals surface area contributed by atoms with Crippen LogP contribution in [0.3, 0.4) is 0 Å². The first kappa shape index (κ1) is 23.5. The molecular weight excluding hydrogens is 458 g/mol. The summed E-state index contributed by atoms with van der Waals surface area (Å²) < 4.78 is 29.2. The fourth-order valence-corrected chi connectivity index (χ4v) is 5.35. The van der Waals surface area contributed by atoms with Crippen molar-refractivity contribution in [2.75, 3.05) is 10.8 Å². The van der Waals surface area contributed by atoms with E-state index in [0.29, 0.717) is 11.4 Å². The molecule has 0 saturated heterocycles. The highest BCUT2D eigenvalue weighted by atomic mass is 32.2. The zero-order valence-electron chi connectivity index (χ0n) is 18.6. The minimum atomic E-state index is -4.17. The van der Waals surface area contributed by atoms with E-state index in [2.05, 4.69) is 5.10 Å². The number of aryl methyl sites for hydroxylation is 1. The van der Waals surface area contributed by atoms with E-state index in [-0.39, 0.29) is 22.1 Å². The van der Waals surface area contributed by atoms with Crippen molar-refractivity contribution in [1.82, 2.24) is 9.78 Å². The highest BCUT2D eigenvalue weighted by Crippen LogP contribution is 2.42. The molecule has 1 saturated carbocycles. The summed E-state index contributed by atoms with van der Waals surface area (Å²) in [6, 6.07) is 12.7. The zero-order valence-corrected chi connectivity index (χ0v) is 19.4. The maximum atomic E-state index is 13.4. The summed E-state index contributed by atoms with van der Waals surface area (Å²) >= 11 is 0. The maximum absolute atomic E-state index is 13.4. The van der Waals surface area contributed by atoms with Crippen molar-refractivity contribution in [2.45, 2.75) is 43.4 Å². The Labute approximate surface area is 197 Å². The van der Waals surface area contributed by atoms with Gasteiger partial charge in [0.1, 0.15) is 12.1 Å². The second-order valence-electron chi connectivity index (χ2n) is 8.25. The molecule has 10 heteroatoms. The number of sulfonamides is 1. The van der Waals surface area contributed by atoms with E-state index < -0.39 is 28.5 Å². The van der Waals surface area contributed by atoms with Gasteiger partial charge in [-0.3, -0.25) is 9.10 Å². The molecule has 4 rings (SSSR count). The lowest BCUT2D eigenvalue weighted by atomic mass is 10.1. The molecule has 1 aromatic heterocycles. The van der Waals surface area contributed by atoms with Crippen LogP contribution in [0, 0.1) is 0 Å². The molecule has 0 radical (unpaired) electrons. The van der Waals surface area contributed by atoms with Crippen LogP contribution < -0.4 is 4.31 Å². The van der Waals surface area contributed by atoms with Crippen LogP contribution in [0.25, 0.3) is 5.69 Å². The number of aromatic carboxylic acids is 1. The molecule has 2 aromatic carbocycles. The van der Waals surface area contributed by atoms with E-state index >= 15 is 0 Å². The highest BCUT2D eigenvalue weighted by Gasteiger charge is 2.33. The van der Waals surface area contributed by atoms with Crippen LogP contribution in [0.1, 0.15) is 53.7 Å². The average molecular weight is 484 g/mol. The Morgan fingerprint density at radius 1 is 1.12 bits per heavy atom. The lowest BCUT2D eigenvalue weighted by Crippen LogP contribution is -2.35. The standard InChI is InChI=1S/C24H25N3O6S/c1-2-4-16-7-11-20(12-8-16)34(32,33)26(15-22(28)29)18-5-3-6-19(13-18)27-23(17-9-10-17)21(14-25-27)24(30)31/h3,5-8,11-14,17H,2,4,9-10,15H2,1H3,(H,28,29)(H,30,31). The van der Waals surface area contributed by atoms with Gasteiger partial charge in [0.05, 0.1) is 28.2 Å². The molecule has 178 valence electrons. The summed E-state index contributed by atoms with van der Waals surface area (Å²) in [5, 5.41) is 23.2. The highest BCUT2D eigenvalue weighted by molar-refractivity contribution is 7.92. The van der Waals surface area contributed by atoms with Gasteiger partial charge in [0.15, 0.2) is 0 Å². The van der Waals surface area contributed by atoms with Gasteiger partial charge in [0.25, 0.3) is 10.0 Å². The van der Waals surface area contributed by atoms with E-state index in [4.69, 9.17) is 0 Å². The molecule has 3 aromatic rings. The first-order valence-electron chi connectivity index (χ1n) is 11.0. The normalized spacial score (nSPS) is 13.6. The smallest absolute Gasteiger partial charge is 0.339 e. The molecule has 1 aliphatic carbocycles. The van der Waals surface area contributed by atoms with Crippen molar-refractivity contribution in [3.05, 3.63) is 71.5 Å². The lowest BCUT2D eigenvalue weighted by Gasteiger charge is -2.23. The Morgan fingerprint density at radius 2 is 1.82 bits per heavy atom. The van der Waals surface area contributed by atoms with Gasteiger partial charge in [-0.15, -0.1) is 0 Å². The van der Waals surface area contributed by atoms with Crippen molar-refractivity contribution in [3.63, 3.8) is 0 Å². The molecule has 2 N–H and O–H groups in total. The van der Waals surface area contributed by atoms with Gasteiger partial charge in [-0.25, -0.2) is 17.9 Å². The summed E-state index contributed by atoms with van der Waals surface area (Å²) in [5.74, 6) is -2.31. The Hall–Kier alpha value is -3.66. The molecule has 1 aliphatic rings. The van der Waals surface area contributed by atoms with Crippen LogP contribution in [0.2, 0.25) is 0 Å².